The van der Waals surface area contributed by atoms with Crippen molar-refractivity contribution in [2.24, 2.45) is 11.3 Å². The minimum atomic E-state index is -0.904. The summed E-state index contributed by atoms with van der Waals surface area (Å²) in [6, 6.07) is 6.07. The maximum atomic E-state index is 10.8. The Morgan fingerprint density at radius 2 is 1.91 bits per heavy atom. The average molecular weight is 318 g/mol. The molecule has 4 unspecified atom stereocenters. The zero-order valence-corrected chi connectivity index (χ0v) is 14.8. The van der Waals surface area contributed by atoms with Crippen molar-refractivity contribution >= 4 is 0 Å². The summed E-state index contributed by atoms with van der Waals surface area (Å²) in [4.78, 5) is 0. The van der Waals surface area contributed by atoms with Gasteiger partial charge in [0.25, 0.3) is 0 Å². The molecular weight excluding hydrogens is 288 g/mol. The first-order valence-corrected chi connectivity index (χ1v) is 8.78. The first kappa shape index (κ1) is 16.9. The molecular formula is C20H30O3. The van der Waals surface area contributed by atoms with Crippen molar-refractivity contribution < 1.29 is 15.3 Å². The summed E-state index contributed by atoms with van der Waals surface area (Å²) in [5.74, 6) is 0.282. The molecule has 0 heterocycles. The minimum absolute atomic E-state index is 0.0115. The number of fused-ring (bicyclic) bond motifs is 3. The van der Waals surface area contributed by atoms with Gasteiger partial charge in [-0.3, -0.25) is 0 Å². The van der Waals surface area contributed by atoms with E-state index in [4.69, 9.17) is 0 Å². The summed E-state index contributed by atoms with van der Waals surface area (Å²) in [6.07, 6.45) is 3.39. The van der Waals surface area contributed by atoms with Gasteiger partial charge in [-0.15, -0.1) is 0 Å². The Hall–Kier alpha value is -0.900. The summed E-state index contributed by atoms with van der Waals surface area (Å²) >= 11 is 0. The first-order chi connectivity index (χ1) is 10.6. The van der Waals surface area contributed by atoms with Crippen molar-refractivity contribution in [2.75, 3.05) is 6.61 Å². The van der Waals surface area contributed by atoms with E-state index in [-0.39, 0.29) is 23.4 Å². The first-order valence-electron chi connectivity index (χ1n) is 8.78. The molecule has 23 heavy (non-hydrogen) atoms. The normalized spacial score (nSPS) is 37.2. The molecule has 0 aromatic heterocycles. The van der Waals surface area contributed by atoms with Crippen LogP contribution in [0.15, 0.2) is 18.2 Å². The van der Waals surface area contributed by atoms with E-state index in [1.807, 2.05) is 12.1 Å². The summed E-state index contributed by atoms with van der Waals surface area (Å²) in [6.45, 7) is 8.18. The lowest BCUT2D eigenvalue weighted by molar-refractivity contribution is -0.0464. The van der Waals surface area contributed by atoms with Crippen LogP contribution in [0.3, 0.4) is 0 Å². The molecule has 0 spiro atoms. The Morgan fingerprint density at radius 3 is 2.52 bits per heavy atom. The number of hydrogen-bond donors (Lipinski definition) is 3. The Labute approximate surface area is 139 Å². The van der Waals surface area contributed by atoms with Crippen molar-refractivity contribution in [3.63, 3.8) is 0 Å². The molecule has 0 saturated heterocycles. The van der Waals surface area contributed by atoms with E-state index < -0.39 is 11.7 Å². The fourth-order valence-electron chi connectivity index (χ4n) is 5.12. The van der Waals surface area contributed by atoms with Gasteiger partial charge in [0.2, 0.25) is 0 Å². The van der Waals surface area contributed by atoms with Gasteiger partial charge in [-0.1, -0.05) is 38.5 Å². The molecule has 3 N–H and O–H groups in total. The van der Waals surface area contributed by atoms with E-state index >= 15 is 0 Å². The third-order valence-corrected chi connectivity index (χ3v) is 6.61. The molecule has 3 nitrogen and oxygen atoms in total. The quantitative estimate of drug-likeness (QED) is 0.783. The maximum Gasteiger partial charge on any atom is 0.0840 e. The number of aliphatic hydroxyl groups excluding tert-OH is 2. The molecule has 2 aliphatic carbocycles. The Balaban J connectivity index is 2.12. The summed E-state index contributed by atoms with van der Waals surface area (Å²) in [5.41, 5.74) is 1.97. The largest absolute Gasteiger partial charge is 0.396 e. The smallest absolute Gasteiger partial charge is 0.0840 e. The van der Waals surface area contributed by atoms with Crippen molar-refractivity contribution in [1.29, 1.82) is 0 Å². The van der Waals surface area contributed by atoms with Crippen LogP contribution >= 0.6 is 0 Å². The van der Waals surface area contributed by atoms with Gasteiger partial charge in [-0.05, 0) is 66.5 Å². The molecule has 0 amide bonds. The van der Waals surface area contributed by atoms with Gasteiger partial charge in [0, 0.05) is 6.61 Å². The molecule has 3 heteroatoms. The van der Waals surface area contributed by atoms with Crippen LogP contribution in [0, 0.1) is 11.3 Å². The Morgan fingerprint density at radius 1 is 1.22 bits per heavy atom. The van der Waals surface area contributed by atoms with E-state index in [1.165, 1.54) is 5.56 Å². The second-order valence-electron chi connectivity index (χ2n) is 8.75. The van der Waals surface area contributed by atoms with Crippen molar-refractivity contribution in [1.82, 2.24) is 0 Å². The van der Waals surface area contributed by atoms with Gasteiger partial charge < -0.3 is 15.3 Å². The van der Waals surface area contributed by atoms with E-state index in [0.29, 0.717) is 6.42 Å². The number of benzene rings is 1. The maximum absolute atomic E-state index is 10.8. The summed E-state index contributed by atoms with van der Waals surface area (Å²) in [5, 5.41) is 31.0. The average Bonchev–Trinajstić information content (AvgIpc) is 2.49. The Kier molecular flexibility index (Phi) is 3.90. The third kappa shape index (κ3) is 2.54. The molecule has 0 aliphatic heterocycles. The minimum Gasteiger partial charge on any atom is -0.396 e. The zero-order chi connectivity index (χ0) is 17.0. The van der Waals surface area contributed by atoms with Gasteiger partial charge in [0.05, 0.1) is 11.7 Å². The molecule has 128 valence electrons. The molecule has 1 fully saturated rings. The van der Waals surface area contributed by atoms with Crippen LogP contribution in [-0.4, -0.2) is 21.9 Å². The number of aliphatic hydroxyl groups is 3. The lowest BCUT2D eigenvalue weighted by Crippen LogP contribution is -2.51. The van der Waals surface area contributed by atoms with Gasteiger partial charge in [0.1, 0.15) is 0 Å². The monoisotopic (exact) mass is 318 g/mol. The van der Waals surface area contributed by atoms with E-state index in [9.17, 15) is 15.3 Å². The van der Waals surface area contributed by atoms with Crippen LogP contribution in [-0.2, 0) is 11.0 Å². The van der Waals surface area contributed by atoms with Gasteiger partial charge in [-0.25, -0.2) is 0 Å². The third-order valence-electron chi connectivity index (χ3n) is 6.61. The summed E-state index contributed by atoms with van der Waals surface area (Å²) < 4.78 is 0. The molecule has 1 aromatic rings. The van der Waals surface area contributed by atoms with E-state index in [0.717, 1.165) is 30.4 Å². The highest BCUT2D eigenvalue weighted by Crippen LogP contribution is 2.59. The van der Waals surface area contributed by atoms with Crippen LogP contribution in [0.2, 0.25) is 0 Å². The van der Waals surface area contributed by atoms with Crippen molar-refractivity contribution in [2.45, 2.75) is 70.5 Å². The number of rotatable bonds is 2. The molecule has 3 rings (SSSR count). The van der Waals surface area contributed by atoms with Crippen LogP contribution in [0.4, 0.5) is 0 Å². The zero-order valence-electron chi connectivity index (χ0n) is 14.8. The van der Waals surface area contributed by atoms with Crippen LogP contribution in [0.25, 0.3) is 0 Å². The van der Waals surface area contributed by atoms with Crippen LogP contribution in [0.1, 0.15) is 76.2 Å². The van der Waals surface area contributed by atoms with Gasteiger partial charge >= 0.3 is 0 Å². The fourth-order valence-corrected chi connectivity index (χ4v) is 5.12. The highest BCUT2D eigenvalue weighted by molar-refractivity contribution is 5.43. The molecule has 0 radical (unpaired) electrons. The lowest BCUT2D eigenvalue weighted by Gasteiger charge is -2.56. The Bertz CT molecular complexity index is 603. The molecule has 1 saturated carbocycles. The van der Waals surface area contributed by atoms with Crippen LogP contribution < -0.4 is 0 Å². The van der Waals surface area contributed by atoms with Gasteiger partial charge in [0.15, 0.2) is 0 Å². The summed E-state index contributed by atoms with van der Waals surface area (Å²) in [7, 11) is 0. The van der Waals surface area contributed by atoms with Crippen LogP contribution in [0.5, 0.6) is 0 Å². The fraction of sp³-hybridized carbons (Fsp3) is 0.700. The van der Waals surface area contributed by atoms with Crippen molar-refractivity contribution in [3.05, 3.63) is 34.9 Å². The predicted octanol–water partition coefficient (Wildman–Crippen LogP) is 3.41. The molecule has 2 aliphatic rings. The number of hydrogen-bond acceptors (Lipinski definition) is 3. The topological polar surface area (TPSA) is 60.7 Å². The highest BCUT2D eigenvalue weighted by atomic mass is 16.3. The molecule has 1 aromatic carbocycles. The van der Waals surface area contributed by atoms with Crippen molar-refractivity contribution in [3.8, 4) is 0 Å². The van der Waals surface area contributed by atoms with E-state index in [1.54, 1.807) is 13.8 Å². The van der Waals surface area contributed by atoms with Gasteiger partial charge in [-0.2, -0.15) is 0 Å². The lowest BCUT2D eigenvalue weighted by atomic mass is 9.49. The standard InChI is InChI=1S/C20H30O3/c1-18(2,23)13-6-7-15-14(10-13)16(22)11-17-19(3,12-21)8-5-9-20(15,17)4/h6-7,10,16-17,21-23H,5,8-9,11-12H2,1-4H3. The SMILES string of the molecule is CC(C)(O)c1ccc2c(c1)C(O)CC1C(C)(CO)CCCC21C. The predicted molar refractivity (Wildman–Crippen MR) is 91.1 cm³/mol. The molecule has 4 atom stereocenters. The second kappa shape index (κ2) is 5.30. The second-order valence-corrected chi connectivity index (χ2v) is 8.75. The molecule has 0 bridgehead atoms. The highest BCUT2D eigenvalue weighted by Gasteiger charge is 2.53. The van der Waals surface area contributed by atoms with E-state index in [2.05, 4.69) is 19.9 Å².